The van der Waals surface area contributed by atoms with Gasteiger partial charge in [-0.1, -0.05) is 0 Å². The summed E-state index contributed by atoms with van der Waals surface area (Å²) in [5, 5.41) is 10.9. The number of aliphatic carboxylic acids is 1. The summed E-state index contributed by atoms with van der Waals surface area (Å²) in [5.41, 5.74) is 0. The van der Waals surface area contributed by atoms with Crippen molar-refractivity contribution in [3.05, 3.63) is 12.3 Å². The van der Waals surface area contributed by atoms with E-state index in [1.807, 2.05) is 0 Å². The third-order valence-electron chi connectivity index (χ3n) is 0.899. The standard InChI is InChI=1S/C5H6N2O2/c8-5(9)4-6-2-1-3-7-4/h1-2H,3H2,(H,6,7)(H,8,9). The van der Waals surface area contributed by atoms with Crippen LogP contribution in [-0.2, 0) is 4.79 Å². The maximum atomic E-state index is 10.1. The van der Waals surface area contributed by atoms with Crippen molar-refractivity contribution in [2.45, 2.75) is 0 Å². The number of amidine groups is 1. The number of carboxylic acid groups (broad SMARTS) is 1. The van der Waals surface area contributed by atoms with Crippen LogP contribution in [0, 0.1) is 0 Å². The van der Waals surface area contributed by atoms with Crippen LogP contribution in [0.5, 0.6) is 0 Å². The Balaban J connectivity index is 2.68. The Bertz CT molecular complexity index is 183. The lowest BCUT2D eigenvalue weighted by Gasteiger charge is -2.03. The number of carboxylic acids is 1. The highest BCUT2D eigenvalue weighted by Gasteiger charge is 2.07. The number of nitrogens with one attached hydrogen (secondary N) is 1. The molecule has 0 aromatic rings. The zero-order valence-corrected chi connectivity index (χ0v) is 4.66. The number of carbonyl (C=O) groups is 1. The van der Waals surface area contributed by atoms with Gasteiger partial charge in [-0.15, -0.1) is 0 Å². The summed E-state index contributed by atoms with van der Waals surface area (Å²) in [6, 6.07) is 0. The Morgan fingerprint density at radius 3 is 3.00 bits per heavy atom. The molecule has 48 valence electrons. The van der Waals surface area contributed by atoms with Gasteiger partial charge in [0, 0.05) is 12.7 Å². The summed E-state index contributed by atoms with van der Waals surface area (Å²) in [4.78, 5) is 13.7. The summed E-state index contributed by atoms with van der Waals surface area (Å²) >= 11 is 0. The Hall–Kier alpha value is -1.32. The molecule has 0 saturated carbocycles. The lowest BCUT2D eigenvalue weighted by Crippen LogP contribution is -2.32. The average Bonchev–Trinajstić information content (AvgIpc) is 1.90. The minimum Gasteiger partial charge on any atom is -0.475 e. The first-order valence-electron chi connectivity index (χ1n) is 2.50. The third-order valence-corrected chi connectivity index (χ3v) is 0.899. The molecule has 0 aromatic heterocycles. The van der Waals surface area contributed by atoms with Crippen LogP contribution in [0.1, 0.15) is 0 Å². The fraction of sp³-hybridized carbons (Fsp3) is 0.200. The van der Waals surface area contributed by atoms with Gasteiger partial charge in [0.05, 0.1) is 0 Å². The van der Waals surface area contributed by atoms with Crippen molar-refractivity contribution in [2.75, 3.05) is 6.54 Å². The SMILES string of the molecule is O=C(O)C1=NC=CCN1. The molecule has 1 aliphatic rings. The van der Waals surface area contributed by atoms with Gasteiger partial charge in [0.25, 0.3) is 0 Å². The first kappa shape index (κ1) is 5.81. The van der Waals surface area contributed by atoms with Crippen molar-refractivity contribution < 1.29 is 9.90 Å². The van der Waals surface area contributed by atoms with Crippen LogP contribution in [0.4, 0.5) is 0 Å². The van der Waals surface area contributed by atoms with Crippen LogP contribution < -0.4 is 5.32 Å². The second kappa shape index (κ2) is 2.30. The first-order valence-corrected chi connectivity index (χ1v) is 2.50. The summed E-state index contributed by atoms with van der Waals surface area (Å²) in [6.07, 6.45) is 3.21. The fourth-order valence-electron chi connectivity index (χ4n) is 0.512. The van der Waals surface area contributed by atoms with E-state index in [0.29, 0.717) is 6.54 Å². The van der Waals surface area contributed by atoms with Gasteiger partial charge in [-0.25, -0.2) is 9.79 Å². The lowest BCUT2D eigenvalue weighted by molar-refractivity contribution is -0.129. The van der Waals surface area contributed by atoms with E-state index < -0.39 is 5.97 Å². The van der Waals surface area contributed by atoms with Gasteiger partial charge in [0.15, 0.2) is 0 Å². The minimum atomic E-state index is -1.01. The van der Waals surface area contributed by atoms with Gasteiger partial charge in [-0.3, -0.25) is 0 Å². The van der Waals surface area contributed by atoms with Crippen LogP contribution in [0.2, 0.25) is 0 Å². The molecule has 0 spiro atoms. The van der Waals surface area contributed by atoms with Crippen LogP contribution in [-0.4, -0.2) is 23.5 Å². The normalized spacial score (nSPS) is 16.2. The number of rotatable bonds is 1. The molecule has 4 nitrogen and oxygen atoms in total. The van der Waals surface area contributed by atoms with Gasteiger partial charge < -0.3 is 10.4 Å². The second-order valence-corrected chi connectivity index (χ2v) is 1.55. The van der Waals surface area contributed by atoms with Crippen LogP contribution in [0.15, 0.2) is 17.3 Å². The molecule has 1 rings (SSSR count). The van der Waals surface area contributed by atoms with E-state index in [2.05, 4.69) is 10.3 Å². The maximum Gasteiger partial charge on any atom is 0.371 e. The first-order chi connectivity index (χ1) is 4.30. The maximum absolute atomic E-state index is 10.1. The molecule has 1 aliphatic heterocycles. The van der Waals surface area contributed by atoms with E-state index in [0.717, 1.165) is 0 Å². The van der Waals surface area contributed by atoms with Gasteiger partial charge in [0.1, 0.15) is 0 Å². The van der Waals surface area contributed by atoms with Crippen molar-refractivity contribution >= 4 is 11.8 Å². The molecule has 9 heavy (non-hydrogen) atoms. The van der Waals surface area contributed by atoms with E-state index >= 15 is 0 Å². The van der Waals surface area contributed by atoms with Crippen molar-refractivity contribution in [2.24, 2.45) is 4.99 Å². The van der Waals surface area contributed by atoms with Crippen molar-refractivity contribution in [1.29, 1.82) is 0 Å². The Kier molecular flexibility index (Phi) is 1.48. The summed E-state index contributed by atoms with van der Waals surface area (Å²) in [5.74, 6) is -1.00. The van der Waals surface area contributed by atoms with Crippen LogP contribution in [0.3, 0.4) is 0 Å². The molecule has 0 bridgehead atoms. The highest BCUT2D eigenvalue weighted by atomic mass is 16.4. The predicted octanol–water partition coefficient (Wildman–Crippen LogP) is -0.414. The van der Waals surface area contributed by atoms with E-state index in [1.54, 1.807) is 6.08 Å². The number of hydrogen-bond donors (Lipinski definition) is 2. The molecule has 0 radical (unpaired) electrons. The molecule has 0 atom stereocenters. The molecular weight excluding hydrogens is 120 g/mol. The number of hydrogen-bond acceptors (Lipinski definition) is 3. The third kappa shape index (κ3) is 1.28. The molecule has 2 N–H and O–H groups in total. The zero-order chi connectivity index (χ0) is 6.69. The Morgan fingerprint density at radius 1 is 1.89 bits per heavy atom. The predicted molar refractivity (Wildman–Crippen MR) is 32.2 cm³/mol. The molecule has 0 fully saturated rings. The smallest absolute Gasteiger partial charge is 0.371 e. The molecule has 0 amide bonds. The minimum absolute atomic E-state index is 0.0116. The van der Waals surface area contributed by atoms with Gasteiger partial charge in [0.2, 0.25) is 5.84 Å². The lowest BCUT2D eigenvalue weighted by atomic mass is 10.4. The molecule has 1 heterocycles. The molecular formula is C5H6N2O2. The van der Waals surface area contributed by atoms with E-state index in [-0.39, 0.29) is 5.84 Å². The second-order valence-electron chi connectivity index (χ2n) is 1.55. The quantitative estimate of drug-likeness (QED) is 0.502. The van der Waals surface area contributed by atoms with Gasteiger partial charge in [-0.05, 0) is 6.08 Å². The van der Waals surface area contributed by atoms with E-state index in [9.17, 15) is 4.79 Å². The highest BCUT2D eigenvalue weighted by molar-refractivity contribution is 6.34. The topological polar surface area (TPSA) is 61.7 Å². The summed E-state index contributed by atoms with van der Waals surface area (Å²) < 4.78 is 0. The fourth-order valence-corrected chi connectivity index (χ4v) is 0.512. The monoisotopic (exact) mass is 126 g/mol. The van der Waals surface area contributed by atoms with E-state index in [4.69, 9.17) is 5.11 Å². The van der Waals surface area contributed by atoms with E-state index in [1.165, 1.54) is 6.20 Å². The number of nitrogens with zero attached hydrogens (tertiary/aromatic N) is 1. The highest BCUT2D eigenvalue weighted by Crippen LogP contribution is 1.84. The van der Waals surface area contributed by atoms with Crippen LogP contribution in [0.25, 0.3) is 0 Å². The summed E-state index contributed by atoms with van der Waals surface area (Å²) in [6.45, 7) is 0.547. The number of aliphatic imine (C=N–C) groups is 1. The molecule has 0 saturated heterocycles. The van der Waals surface area contributed by atoms with Crippen molar-refractivity contribution in [3.63, 3.8) is 0 Å². The van der Waals surface area contributed by atoms with Crippen molar-refractivity contribution in [1.82, 2.24) is 5.32 Å². The average molecular weight is 126 g/mol. The molecule has 0 unspecified atom stereocenters. The molecule has 0 aliphatic carbocycles. The summed E-state index contributed by atoms with van der Waals surface area (Å²) in [7, 11) is 0. The van der Waals surface area contributed by atoms with Crippen molar-refractivity contribution in [3.8, 4) is 0 Å². The van der Waals surface area contributed by atoms with Crippen LogP contribution >= 0.6 is 0 Å². The molecule has 4 heteroatoms. The Labute approximate surface area is 51.9 Å². The van der Waals surface area contributed by atoms with Gasteiger partial charge >= 0.3 is 5.97 Å². The Morgan fingerprint density at radius 2 is 2.67 bits per heavy atom. The zero-order valence-electron chi connectivity index (χ0n) is 4.66. The molecule has 0 aromatic carbocycles. The largest absolute Gasteiger partial charge is 0.475 e. The van der Waals surface area contributed by atoms with Gasteiger partial charge in [-0.2, -0.15) is 0 Å².